The highest BCUT2D eigenvalue weighted by molar-refractivity contribution is 7.92. The first-order valence-corrected chi connectivity index (χ1v) is 11.2. The van der Waals surface area contributed by atoms with Crippen molar-refractivity contribution in [2.24, 2.45) is 0 Å². The van der Waals surface area contributed by atoms with E-state index in [9.17, 15) is 22.0 Å². The fourth-order valence-corrected chi connectivity index (χ4v) is 4.31. The number of carbonyl (C=O) groups excluding carboxylic acids is 1. The SMILES string of the molecule is COCc1c(C(=O)Nc2ccc(NS(=O)(=O)c3ccc(F)c(F)c3)cc2)oc2ccccc12. The van der Waals surface area contributed by atoms with Gasteiger partial charge >= 0.3 is 0 Å². The second-order valence-corrected chi connectivity index (χ2v) is 8.73. The Morgan fingerprint density at radius 1 is 0.970 bits per heavy atom. The average molecular weight is 472 g/mol. The smallest absolute Gasteiger partial charge is 0.291 e. The second kappa shape index (κ2) is 9.00. The summed E-state index contributed by atoms with van der Waals surface area (Å²) in [5, 5.41) is 3.47. The summed E-state index contributed by atoms with van der Waals surface area (Å²) in [6, 6.07) is 15.3. The van der Waals surface area contributed by atoms with Crippen molar-refractivity contribution in [3.63, 3.8) is 0 Å². The second-order valence-electron chi connectivity index (χ2n) is 7.05. The Hall–Kier alpha value is -3.76. The van der Waals surface area contributed by atoms with Crippen LogP contribution in [0.25, 0.3) is 11.0 Å². The average Bonchev–Trinajstić information content (AvgIpc) is 3.16. The van der Waals surface area contributed by atoms with Crippen molar-refractivity contribution in [3.05, 3.63) is 89.7 Å². The van der Waals surface area contributed by atoms with Gasteiger partial charge in [0.05, 0.1) is 11.5 Å². The van der Waals surface area contributed by atoms with E-state index in [-0.39, 0.29) is 18.1 Å². The monoisotopic (exact) mass is 472 g/mol. The lowest BCUT2D eigenvalue weighted by atomic mass is 10.1. The first-order valence-electron chi connectivity index (χ1n) is 9.67. The van der Waals surface area contributed by atoms with Crippen molar-refractivity contribution in [3.8, 4) is 0 Å². The molecule has 0 saturated heterocycles. The first kappa shape index (κ1) is 22.4. The lowest BCUT2D eigenvalue weighted by molar-refractivity contribution is 0.0992. The molecule has 1 heterocycles. The molecule has 170 valence electrons. The van der Waals surface area contributed by atoms with Gasteiger partial charge in [-0.2, -0.15) is 0 Å². The molecule has 33 heavy (non-hydrogen) atoms. The minimum atomic E-state index is -4.13. The molecule has 4 aromatic rings. The molecule has 0 aliphatic rings. The van der Waals surface area contributed by atoms with E-state index in [1.807, 2.05) is 12.1 Å². The van der Waals surface area contributed by atoms with Crippen LogP contribution >= 0.6 is 0 Å². The van der Waals surface area contributed by atoms with Crippen molar-refractivity contribution in [1.82, 2.24) is 0 Å². The van der Waals surface area contributed by atoms with Crippen LogP contribution in [0.3, 0.4) is 0 Å². The zero-order valence-electron chi connectivity index (χ0n) is 17.3. The number of fused-ring (bicyclic) bond motifs is 1. The van der Waals surface area contributed by atoms with Crippen LogP contribution in [-0.4, -0.2) is 21.4 Å². The standard InChI is InChI=1S/C23H18F2N2O5S/c1-31-13-18-17-4-2-3-5-21(17)32-22(18)23(28)26-14-6-8-15(9-7-14)27-33(29,30)16-10-11-19(24)20(25)12-16/h2-12,27H,13H2,1H3,(H,26,28). The molecule has 1 aromatic heterocycles. The molecule has 10 heteroatoms. The third-order valence-electron chi connectivity index (χ3n) is 4.79. The van der Waals surface area contributed by atoms with Gasteiger partial charge in [0.25, 0.3) is 15.9 Å². The van der Waals surface area contributed by atoms with Crippen LogP contribution in [0, 0.1) is 11.6 Å². The molecule has 0 saturated carbocycles. The van der Waals surface area contributed by atoms with Gasteiger partial charge in [-0.1, -0.05) is 18.2 Å². The van der Waals surface area contributed by atoms with Gasteiger partial charge in [-0.25, -0.2) is 17.2 Å². The van der Waals surface area contributed by atoms with E-state index >= 15 is 0 Å². The molecule has 4 rings (SSSR count). The highest BCUT2D eigenvalue weighted by Crippen LogP contribution is 2.27. The molecule has 0 fully saturated rings. The van der Waals surface area contributed by atoms with Crippen LogP contribution in [0.5, 0.6) is 0 Å². The highest BCUT2D eigenvalue weighted by atomic mass is 32.2. The van der Waals surface area contributed by atoms with Crippen molar-refractivity contribution >= 4 is 38.3 Å². The largest absolute Gasteiger partial charge is 0.451 e. The molecule has 0 unspecified atom stereocenters. The molecule has 0 aliphatic heterocycles. The Balaban J connectivity index is 1.51. The van der Waals surface area contributed by atoms with Crippen LogP contribution in [0.1, 0.15) is 16.1 Å². The number of amides is 1. The number of ether oxygens (including phenoxy) is 1. The summed E-state index contributed by atoms with van der Waals surface area (Å²) in [7, 11) is -2.61. The van der Waals surface area contributed by atoms with Gasteiger partial charge in [-0.3, -0.25) is 9.52 Å². The van der Waals surface area contributed by atoms with Crippen molar-refractivity contribution < 1.29 is 31.1 Å². The van der Waals surface area contributed by atoms with Gasteiger partial charge in [0.1, 0.15) is 5.58 Å². The number of halogens is 2. The zero-order chi connectivity index (χ0) is 23.6. The van der Waals surface area contributed by atoms with Crippen molar-refractivity contribution in [2.45, 2.75) is 11.5 Å². The van der Waals surface area contributed by atoms with Crippen LogP contribution in [-0.2, 0) is 21.4 Å². The molecule has 0 aliphatic carbocycles. The topological polar surface area (TPSA) is 97.6 Å². The summed E-state index contributed by atoms with van der Waals surface area (Å²) in [4.78, 5) is 12.4. The normalized spacial score (nSPS) is 11.5. The fraction of sp³-hybridized carbons (Fsp3) is 0.0870. The quantitative estimate of drug-likeness (QED) is 0.398. The molecule has 7 nitrogen and oxygen atoms in total. The number of anilines is 2. The molecule has 2 N–H and O–H groups in total. The van der Waals surface area contributed by atoms with E-state index in [2.05, 4.69) is 10.0 Å². The maximum Gasteiger partial charge on any atom is 0.291 e. The number of rotatable bonds is 7. The number of methoxy groups -OCH3 is 1. The number of furan rings is 1. The highest BCUT2D eigenvalue weighted by Gasteiger charge is 2.21. The minimum absolute atomic E-state index is 0.112. The summed E-state index contributed by atoms with van der Waals surface area (Å²) >= 11 is 0. The van der Waals surface area contributed by atoms with Gasteiger partial charge < -0.3 is 14.5 Å². The van der Waals surface area contributed by atoms with Crippen LogP contribution in [0.4, 0.5) is 20.2 Å². The number of hydrogen-bond donors (Lipinski definition) is 2. The molecular formula is C23H18F2N2O5S. The lowest BCUT2D eigenvalue weighted by Gasteiger charge is -2.10. The summed E-state index contributed by atoms with van der Waals surface area (Å²) in [6.45, 7) is 0.185. The molecule has 0 atom stereocenters. The summed E-state index contributed by atoms with van der Waals surface area (Å²) < 4.78 is 64.4. The molecular weight excluding hydrogens is 454 g/mol. The number of nitrogens with one attached hydrogen (secondary N) is 2. The van der Waals surface area contributed by atoms with Gasteiger partial charge in [0.2, 0.25) is 0 Å². The van der Waals surface area contributed by atoms with E-state index in [1.165, 1.54) is 31.4 Å². The van der Waals surface area contributed by atoms with Gasteiger partial charge in [-0.15, -0.1) is 0 Å². The number of benzene rings is 3. The fourth-order valence-electron chi connectivity index (χ4n) is 3.24. The van der Waals surface area contributed by atoms with Gasteiger partial charge in [0.15, 0.2) is 17.4 Å². The molecule has 0 radical (unpaired) electrons. The predicted molar refractivity (Wildman–Crippen MR) is 118 cm³/mol. The van der Waals surface area contributed by atoms with Crippen LogP contribution in [0.15, 0.2) is 76.0 Å². The van der Waals surface area contributed by atoms with E-state index in [0.717, 1.165) is 17.5 Å². The lowest BCUT2D eigenvalue weighted by Crippen LogP contribution is -2.14. The number of sulfonamides is 1. The Morgan fingerprint density at radius 3 is 2.36 bits per heavy atom. The third-order valence-corrected chi connectivity index (χ3v) is 6.17. The predicted octanol–water partition coefficient (Wildman–Crippen LogP) is 4.91. The van der Waals surface area contributed by atoms with Gasteiger partial charge in [-0.05, 0) is 48.5 Å². The van der Waals surface area contributed by atoms with Crippen molar-refractivity contribution in [1.29, 1.82) is 0 Å². The Morgan fingerprint density at radius 2 is 1.67 bits per heavy atom. The number of hydrogen-bond acceptors (Lipinski definition) is 5. The number of para-hydroxylation sites is 1. The Bertz CT molecular complexity index is 1430. The summed E-state index contributed by atoms with van der Waals surface area (Å²) in [5.41, 5.74) is 1.72. The molecule has 0 spiro atoms. The van der Waals surface area contributed by atoms with Crippen molar-refractivity contribution in [2.75, 3.05) is 17.1 Å². The van der Waals surface area contributed by atoms with E-state index in [4.69, 9.17) is 9.15 Å². The maximum atomic E-state index is 13.4. The van der Waals surface area contributed by atoms with Crippen LogP contribution < -0.4 is 10.0 Å². The summed E-state index contributed by atoms with van der Waals surface area (Å²) in [5.74, 6) is -2.80. The van der Waals surface area contributed by atoms with Gasteiger partial charge in [0, 0.05) is 29.4 Å². The Labute approximate surface area is 188 Å². The molecule has 0 bridgehead atoms. The third kappa shape index (κ3) is 4.71. The van der Waals surface area contributed by atoms with E-state index in [0.29, 0.717) is 22.9 Å². The first-order chi connectivity index (χ1) is 15.8. The zero-order valence-corrected chi connectivity index (χ0v) is 18.1. The molecule has 1 amide bonds. The van der Waals surface area contributed by atoms with E-state index < -0.39 is 32.5 Å². The van der Waals surface area contributed by atoms with E-state index in [1.54, 1.807) is 12.1 Å². The minimum Gasteiger partial charge on any atom is -0.451 e. The molecule has 3 aromatic carbocycles. The maximum absolute atomic E-state index is 13.4. The number of carbonyl (C=O) groups is 1. The summed E-state index contributed by atoms with van der Waals surface area (Å²) in [6.07, 6.45) is 0. The Kier molecular flexibility index (Phi) is 6.12. The van der Waals surface area contributed by atoms with Crippen LogP contribution in [0.2, 0.25) is 0 Å².